The summed E-state index contributed by atoms with van der Waals surface area (Å²) in [5.41, 5.74) is -0.106. The third-order valence-electron chi connectivity index (χ3n) is 4.32. The van der Waals surface area contributed by atoms with Crippen molar-refractivity contribution in [2.45, 2.75) is 32.5 Å². The monoisotopic (exact) mass is 514 g/mol. The zero-order valence-corrected chi connectivity index (χ0v) is 18.6. The van der Waals surface area contributed by atoms with Gasteiger partial charge in [0.2, 0.25) is 0 Å². The van der Waals surface area contributed by atoms with Gasteiger partial charge in [-0.3, -0.25) is 4.90 Å². The lowest BCUT2D eigenvalue weighted by molar-refractivity contribution is -0.137. The second-order valence-corrected chi connectivity index (χ2v) is 6.48. The largest absolute Gasteiger partial charge is 0.416 e. The molecule has 160 valence electrons. The van der Waals surface area contributed by atoms with Crippen molar-refractivity contribution in [3.63, 3.8) is 0 Å². The number of hydrogen-bond acceptors (Lipinski definition) is 3. The molecule has 0 aliphatic carbocycles. The van der Waals surface area contributed by atoms with Gasteiger partial charge in [-0.1, -0.05) is 12.1 Å². The van der Waals surface area contributed by atoms with Crippen LogP contribution >= 0.6 is 24.0 Å². The highest BCUT2D eigenvalue weighted by molar-refractivity contribution is 14.0. The highest BCUT2D eigenvalue weighted by Crippen LogP contribution is 2.29. The third-order valence-corrected chi connectivity index (χ3v) is 4.32. The van der Waals surface area contributed by atoms with Crippen LogP contribution in [0.2, 0.25) is 0 Å². The van der Waals surface area contributed by atoms with Gasteiger partial charge in [-0.15, -0.1) is 24.0 Å². The van der Waals surface area contributed by atoms with Crippen LogP contribution in [0.25, 0.3) is 0 Å². The van der Waals surface area contributed by atoms with E-state index in [2.05, 4.69) is 20.5 Å². The molecule has 1 fully saturated rings. The zero-order chi connectivity index (χ0) is 19.5. The average molecular weight is 514 g/mol. The van der Waals surface area contributed by atoms with E-state index in [1.165, 1.54) is 6.07 Å². The van der Waals surface area contributed by atoms with Gasteiger partial charge in [-0.05, 0) is 44.0 Å². The van der Waals surface area contributed by atoms with Crippen molar-refractivity contribution in [3.8, 4) is 0 Å². The van der Waals surface area contributed by atoms with Gasteiger partial charge in [0, 0.05) is 26.2 Å². The normalized spacial score (nSPS) is 15.8. The molecule has 0 bridgehead atoms. The Bertz CT molecular complexity index is 593. The standard InChI is InChI=1S/C19H29F3N4O.HI/c1-2-23-18(24-8-3-4-9-26-10-12-27-13-11-26)25-15-16-6-5-7-17(14-16)19(20,21)22;/h5-7,14H,2-4,8-13,15H2,1H3,(H2,23,24,25);1H. The Morgan fingerprint density at radius 3 is 2.61 bits per heavy atom. The molecule has 5 nitrogen and oxygen atoms in total. The SMILES string of the molecule is CCNC(=NCc1cccc(C(F)(F)F)c1)NCCCCN1CCOCC1.I. The predicted octanol–water partition coefficient (Wildman–Crippen LogP) is 3.49. The lowest BCUT2D eigenvalue weighted by Gasteiger charge is -2.26. The molecule has 1 aliphatic heterocycles. The molecular weight excluding hydrogens is 484 g/mol. The van der Waals surface area contributed by atoms with Crippen LogP contribution in [0.5, 0.6) is 0 Å². The number of unbranched alkanes of at least 4 members (excludes halogenated alkanes) is 1. The summed E-state index contributed by atoms with van der Waals surface area (Å²) in [5.74, 6) is 0.626. The van der Waals surface area contributed by atoms with Crippen molar-refractivity contribution in [1.29, 1.82) is 0 Å². The minimum absolute atomic E-state index is 0. The Morgan fingerprint density at radius 2 is 1.93 bits per heavy atom. The summed E-state index contributed by atoms with van der Waals surface area (Å²) in [7, 11) is 0. The van der Waals surface area contributed by atoms with Crippen LogP contribution in [0, 0.1) is 0 Å². The smallest absolute Gasteiger partial charge is 0.379 e. The summed E-state index contributed by atoms with van der Waals surface area (Å²) in [4.78, 5) is 6.79. The van der Waals surface area contributed by atoms with Crippen molar-refractivity contribution in [2.75, 3.05) is 45.9 Å². The van der Waals surface area contributed by atoms with Gasteiger partial charge in [-0.25, -0.2) is 4.99 Å². The fraction of sp³-hybridized carbons (Fsp3) is 0.632. The number of hydrogen-bond donors (Lipinski definition) is 2. The summed E-state index contributed by atoms with van der Waals surface area (Å²) in [6.07, 6.45) is -2.24. The first-order valence-electron chi connectivity index (χ1n) is 9.47. The molecule has 28 heavy (non-hydrogen) atoms. The number of nitrogens with one attached hydrogen (secondary N) is 2. The van der Waals surface area contributed by atoms with Crippen LogP contribution in [-0.4, -0.2) is 56.8 Å². The van der Waals surface area contributed by atoms with Gasteiger partial charge in [0.25, 0.3) is 0 Å². The van der Waals surface area contributed by atoms with Crippen molar-refractivity contribution in [2.24, 2.45) is 4.99 Å². The molecular formula is C19H30F3IN4O. The molecule has 2 N–H and O–H groups in total. The highest BCUT2D eigenvalue weighted by Gasteiger charge is 2.30. The first-order chi connectivity index (χ1) is 13.0. The Kier molecular flexibility index (Phi) is 11.8. The third kappa shape index (κ3) is 9.42. The molecule has 1 aliphatic rings. The van der Waals surface area contributed by atoms with E-state index in [-0.39, 0.29) is 30.5 Å². The number of benzene rings is 1. The van der Waals surface area contributed by atoms with Gasteiger partial charge in [0.05, 0.1) is 25.3 Å². The van der Waals surface area contributed by atoms with E-state index in [1.54, 1.807) is 6.07 Å². The molecule has 0 radical (unpaired) electrons. The highest BCUT2D eigenvalue weighted by atomic mass is 127. The van der Waals surface area contributed by atoms with Gasteiger partial charge in [0.1, 0.15) is 0 Å². The molecule has 0 atom stereocenters. The summed E-state index contributed by atoms with van der Waals surface area (Å²) in [6.45, 7) is 8.30. The number of aliphatic imine (C=N–C) groups is 1. The Labute approximate surface area is 182 Å². The van der Waals surface area contributed by atoms with E-state index >= 15 is 0 Å². The molecule has 1 heterocycles. The number of halogens is 4. The molecule has 1 aromatic rings. The molecule has 0 amide bonds. The Morgan fingerprint density at radius 1 is 1.18 bits per heavy atom. The van der Waals surface area contributed by atoms with Crippen LogP contribution in [0.3, 0.4) is 0 Å². The van der Waals surface area contributed by atoms with Crippen molar-refractivity contribution in [3.05, 3.63) is 35.4 Å². The van der Waals surface area contributed by atoms with Crippen molar-refractivity contribution < 1.29 is 17.9 Å². The number of nitrogens with zero attached hydrogens (tertiary/aromatic N) is 2. The van der Waals surface area contributed by atoms with Gasteiger partial charge in [-0.2, -0.15) is 13.2 Å². The molecule has 9 heteroatoms. The number of guanidine groups is 1. The van der Waals surface area contributed by atoms with E-state index in [4.69, 9.17) is 4.74 Å². The van der Waals surface area contributed by atoms with Crippen LogP contribution in [0.4, 0.5) is 13.2 Å². The van der Waals surface area contributed by atoms with E-state index in [1.807, 2.05) is 6.92 Å². The van der Waals surface area contributed by atoms with E-state index in [0.717, 1.165) is 64.4 Å². The van der Waals surface area contributed by atoms with Crippen LogP contribution in [0.15, 0.2) is 29.3 Å². The lowest BCUT2D eigenvalue weighted by atomic mass is 10.1. The number of alkyl halides is 3. The summed E-state index contributed by atoms with van der Waals surface area (Å²) in [6, 6.07) is 5.30. The zero-order valence-electron chi connectivity index (χ0n) is 16.2. The fourth-order valence-electron chi connectivity index (χ4n) is 2.85. The summed E-state index contributed by atoms with van der Waals surface area (Å²) >= 11 is 0. The minimum Gasteiger partial charge on any atom is -0.379 e. The Hall–Kier alpha value is -1.07. The molecule has 1 aromatic carbocycles. The topological polar surface area (TPSA) is 48.9 Å². The summed E-state index contributed by atoms with van der Waals surface area (Å²) in [5, 5.41) is 6.37. The molecule has 0 unspecified atom stereocenters. The maximum atomic E-state index is 12.8. The molecule has 0 aromatic heterocycles. The van der Waals surface area contributed by atoms with E-state index in [9.17, 15) is 13.2 Å². The molecule has 1 saturated heterocycles. The quantitative estimate of drug-likeness (QED) is 0.242. The van der Waals surface area contributed by atoms with Gasteiger partial charge >= 0.3 is 6.18 Å². The number of morpholine rings is 1. The first-order valence-corrected chi connectivity index (χ1v) is 9.47. The average Bonchev–Trinajstić information content (AvgIpc) is 2.66. The second kappa shape index (κ2) is 13.2. The molecule has 0 spiro atoms. The second-order valence-electron chi connectivity index (χ2n) is 6.48. The summed E-state index contributed by atoms with van der Waals surface area (Å²) < 4.78 is 43.7. The lowest BCUT2D eigenvalue weighted by Crippen LogP contribution is -2.39. The van der Waals surface area contributed by atoms with Crippen LogP contribution in [0.1, 0.15) is 30.9 Å². The van der Waals surface area contributed by atoms with E-state index < -0.39 is 11.7 Å². The van der Waals surface area contributed by atoms with Gasteiger partial charge < -0.3 is 15.4 Å². The molecule has 2 rings (SSSR count). The van der Waals surface area contributed by atoms with Crippen molar-refractivity contribution >= 4 is 29.9 Å². The Balaban J connectivity index is 0.00000392. The van der Waals surface area contributed by atoms with Gasteiger partial charge in [0.15, 0.2) is 5.96 Å². The van der Waals surface area contributed by atoms with Crippen LogP contribution < -0.4 is 10.6 Å². The fourth-order valence-corrected chi connectivity index (χ4v) is 2.85. The van der Waals surface area contributed by atoms with Crippen molar-refractivity contribution in [1.82, 2.24) is 15.5 Å². The first kappa shape index (κ1) is 25.0. The molecule has 0 saturated carbocycles. The van der Waals surface area contributed by atoms with Crippen LogP contribution in [-0.2, 0) is 17.5 Å². The predicted molar refractivity (Wildman–Crippen MR) is 116 cm³/mol. The number of ether oxygens (including phenoxy) is 1. The maximum Gasteiger partial charge on any atom is 0.416 e. The maximum absolute atomic E-state index is 12.8. The van der Waals surface area contributed by atoms with E-state index in [0.29, 0.717) is 18.1 Å². The minimum atomic E-state index is -4.33. The number of rotatable bonds is 8.